The van der Waals surface area contributed by atoms with Gasteiger partial charge in [-0.1, -0.05) is 0 Å². The molecule has 2 rings (SSSR count). The van der Waals surface area contributed by atoms with Gasteiger partial charge in [0.2, 0.25) is 5.75 Å². The van der Waals surface area contributed by atoms with Crippen molar-refractivity contribution < 1.29 is 17.9 Å². The third-order valence-electron chi connectivity index (χ3n) is 2.39. The Balaban J connectivity index is 2.51. The third-order valence-corrected chi connectivity index (χ3v) is 2.95. The van der Waals surface area contributed by atoms with Crippen LogP contribution in [0.15, 0.2) is 33.8 Å². The van der Waals surface area contributed by atoms with Crippen molar-refractivity contribution >= 4 is 15.9 Å². The van der Waals surface area contributed by atoms with E-state index in [1.54, 1.807) is 0 Å². The number of aromatic nitrogens is 3. The van der Waals surface area contributed by atoms with Crippen molar-refractivity contribution in [3.63, 3.8) is 0 Å². The molecule has 0 saturated heterocycles. The van der Waals surface area contributed by atoms with Crippen LogP contribution in [0.25, 0.3) is 5.82 Å². The molecular formula is C11H7BrF3N3O2. The third kappa shape index (κ3) is 2.67. The molecule has 0 bridgehead atoms. The number of hydrogen-bond donors (Lipinski definition) is 0. The van der Waals surface area contributed by atoms with Crippen LogP contribution in [0, 0.1) is 0 Å². The topological polar surface area (TPSA) is 57.0 Å². The summed E-state index contributed by atoms with van der Waals surface area (Å²) in [7, 11) is 1.30. The molecule has 20 heavy (non-hydrogen) atoms. The number of hydrogen-bond acceptors (Lipinski definition) is 4. The number of pyridine rings is 1. The van der Waals surface area contributed by atoms with Crippen LogP contribution in [0.4, 0.5) is 13.2 Å². The molecule has 0 fully saturated rings. The summed E-state index contributed by atoms with van der Waals surface area (Å²) in [6, 6.07) is 1.88. The summed E-state index contributed by atoms with van der Waals surface area (Å²) >= 11 is 3.08. The number of nitrogens with zero attached hydrogens (tertiary/aromatic N) is 3. The summed E-state index contributed by atoms with van der Waals surface area (Å²) in [5, 5.41) is 3.78. The van der Waals surface area contributed by atoms with Gasteiger partial charge in [0.1, 0.15) is 0 Å². The van der Waals surface area contributed by atoms with Gasteiger partial charge in [0.05, 0.1) is 23.3 Å². The molecule has 0 aliphatic carbocycles. The zero-order valence-electron chi connectivity index (χ0n) is 9.98. The molecule has 0 aliphatic rings. The van der Waals surface area contributed by atoms with Gasteiger partial charge < -0.3 is 4.74 Å². The van der Waals surface area contributed by atoms with Gasteiger partial charge in [-0.05, 0) is 28.1 Å². The van der Waals surface area contributed by atoms with Gasteiger partial charge in [-0.25, -0.2) is 4.98 Å². The highest BCUT2D eigenvalue weighted by atomic mass is 79.9. The summed E-state index contributed by atoms with van der Waals surface area (Å²) in [5.74, 6) is -0.0458. The van der Waals surface area contributed by atoms with Crippen LogP contribution in [-0.2, 0) is 6.18 Å². The van der Waals surface area contributed by atoms with Gasteiger partial charge in [0, 0.05) is 6.20 Å². The average molecular weight is 350 g/mol. The second-order valence-electron chi connectivity index (χ2n) is 3.65. The Kier molecular flexibility index (Phi) is 3.80. The molecule has 0 amide bonds. The quantitative estimate of drug-likeness (QED) is 0.835. The molecule has 9 heteroatoms. The first-order valence-electron chi connectivity index (χ1n) is 5.20. The number of methoxy groups -OCH3 is 1. The number of halogens is 4. The van der Waals surface area contributed by atoms with E-state index in [1.165, 1.54) is 13.3 Å². The molecule has 0 saturated carbocycles. The van der Waals surface area contributed by atoms with E-state index < -0.39 is 17.3 Å². The Bertz CT molecular complexity index is 683. The normalized spacial score (nSPS) is 11.4. The second kappa shape index (κ2) is 5.23. The minimum atomic E-state index is -4.48. The smallest absolute Gasteiger partial charge is 0.417 e. The first-order valence-corrected chi connectivity index (χ1v) is 5.99. The lowest BCUT2D eigenvalue weighted by molar-refractivity contribution is -0.137. The maximum absolute atomic E-state index is 12.4. The summed E-state index contributed by atoms with van der Waals surface area (Å²) in [6.45, 7) is 0. The number of alkyl halides is 3. The largest absolute Gasteiger partial charge is 0.490 e. The molecular weight excluding hydrogens is 343 g/mol. The lowest BCUT2D eigenvalue weighted by Crippen LogP contribution is -2.23. The SMILES string of the molecule is COc1c(Br)cnn(-c2ccc(C(F)(F)F)cn2)c1=O. The molecule has 0 radical (unpaired) electrons. The molecule has 0 aliphatic heterocycles. The first kappa shape index (κ1) is 14.5. The standard InChI is InChI=1S/C11H7BrF3N3O2/c1-20-9-7(12)5-17-18(10(9)19)8-3-2-6(4-16-8)11(13,14)15/h2-5H,1H3. The lowest BCUT2D eigenvalue weighted by Gasteiger charge is -2.09. The minimum Gasteiger partial charge on any atom is -0.490 e. The fourth-order valence-electron chi connectivity index (χ4n) is 1.44. The average Bonchev–Trinajstić information content (AvgIpc) is 2.38. The highest BCUT2D eigenvalue weighted by Gasteiger charge is 2.30. The molecule has 2 aromatic heterocycles. The number of rotatable bonds is 2. The summed E-state index contributed by atoms with van der Waals surface area (Å²) in [5.41, 5.74) is -1.53. The van der Waals surface area contributed by atoms with Crippen molar-refractivity contribution in [3.05, 3.63) is 44.9 Å². The van der Waals surface area contributed by atoms with Gasteiger partial charge >= 0.3 is 11.7 Å². The Morgan fingerprint density at radius 3 is 2.50 bits per heavy atom. The van der Waals surface area contributed by atoms with E-state index in [1.807, 2.05) is 0 Å². The van der Waals surface area contributed by atoms with Crippen LogP contribution in [0.5, 0.6) is 5.75 Å². The van der Waals surface area contributed by atoms with E-state index in [0.717, 1.165) is 16.8 Å². The van der Waals surface area contributed by atoms with Crippen molar-refractivity contribution in [2.24, 2.45) is 0 Å². The van der Waals surface area contributed by atoms with Crippen LogP contribution in [0.1, 0.15) is 5.56 Å². The monoisotopic (exact) mass is 349 g/mol. The van der Waals surface area contributed by atoms with E-state index in [0.29, 0.717) is 10.7 Å². The van der Waals surface area contributed by atoms with Crippen molar-refractivity contribution in [1.29, 1.82) is 0 Å². The highest BCUT2D eigenvalue weighted by Crippen LogP contribution is 2.28. The van der Waals surface area contributed by atoms with Gasteiger partial charge in [-0.3, -0.25) is 4.79 Å². The van der Waals surface area contributed by atoms with Crippen LogP contribution in [0.3, 0.4) is 0 Å². The molecule has 0 aromatic carbocycles. The predicted octanol–water partition coefficient (Wildman–Crippen LogP) is 2.42. The first-order chi connectivity index (χ1) is 9.34. The van der Waals surface area contributed by atoms with Crippen molar-refractivity contribution in [3.8, 4) is 11.6 Å². The molecule has 106 valence electrons. The van der Waals surface area contributed by atoms with E-state index in [4.69, 9.17) is 4.74 Å². The van der Waals surface area contributed by atoms with E-state index in [-0.39, 0.29) is 11.6 Å². The van der Waals surface area contributed by atoms with Crippen molar-refractivity contribution in [1.82, 2.24) is 14.8 Å². The molecule has 2 aromatic rings. The Hall–Kier alpha value is -1.90. The highest BCUT2D eigenvalue weighted by molar-refractivity contribution is 9.10. The zero-order chi connectivity index (χ0) is 14.9. The summed E-state index contributed by atoms with van der Waals surface area (Å²) in [6.07, 6.45) is -2.56. The van der Waals surface area contributed by atoms with Crippen LogP contribution in [-0.4, -0.2) is 21.9 Å². The second-order valence-corrected chi connectivity index (χ2v) is 4.50. The Morgan fingerprint density at radius 1 is 1.30 bits per heavy atom. The lowest BCUT2D eigenvalue weighted by atomic mass is 10.3. The Morgan fingerprint density at radius 2 is 2.00 bits per heavy atom. The molecule has 0 unspecified atom stereocenters. The van der Waals surface area contributed by atoms with Gasteiger partial charge in [-0.15, -0.1) is 0 Å². The molecule has 0 N–H and O–H groups in total. The summed E-state index contributed by atoms with van der Waals surface area (Å²) in [4.78, 5) is 15.6. The minimum absolute atomic E-state index is 0.0123. The summed E-state index contributed by atoms with van der Waals surface area (Å²) < 4.78 is 43.3. The van der Waals surface area contributed by atoms with E-state index >= 15 is 0 Å². The van der Waals surface area contributed by atoms with Crippen LogP contribution >= 0.6 is 15.9 Å². The van der Waals surface area contributed by atoms with Gasteiger partial charge in [-0.2, -0.15) is 23.0 Å². The maximum atomic E-state index is 12.4. The number of ether oxygens (including phenoxy) is 1. The van der Waals surface area contributed by atoms with Crippen LogP contribution in [0.2, 0.25) is 0 Å². The zero-order valence-corrected chi connectivity index (χ0v) is 11.6. The van der Waals surface area contributed by atoms with Gasteiger partial charge in [0.15, 0.2) is 5.82 Å². The fraction of sp³-hybridized carbons (Fsp3) is 0.182. The van der Waals surface area contributed by atoms with E-state index in [2.05, 4.69) is 26.0 Å². The maximum Gasteiger partial charge on any atom is 0.417 e. The fourth-order valence-corrected chi connectivity index (χ4v) is 1.87. The van der Waals surface area contributed by atoms with Crippen molar-refractivity contribution in [2.45, 2.75) is 6.18 Å². The molecule has 5 nitrogen and oxygen atoms in total. The molecule has 0 spiro atoms. The van der Waals surface area contributed by atoms with Crippen molar-refractivity contribution in [2.75, 3.05) is 7.11 Å². The Labute approximate surface area is 119 Å². The van der Waals surface area contributed by atoms with Crippen LogP contribution < -0.4 is 10.3 Å². The predicted molar refractivity (Wildman–Crippen MR) is 66.9 cm³/mol. The van der Waals surface area contributed by atoms with E-state index in [9.17, 15) is 18.0 Å². The molecule has 2 heterocycles. The molecule has 0 atom stereocenters. The van der Waals surface area contributed by atoms with Gasteiger partial charge in [0.25, 0.3) is 0 Å².